The van der Waals surface area contributed by atoms with Crippen LogP contribution in [0.25, 0.3) is 0 Å². The number of hydrogen-bond acceptors (Lipinski definition) is 2. The van der Waals surface area contributed by atoms with E-state index in [1.54, 1.807) is 0 Å². The number of hydrogen-bond donors (Lipinski definition) is 0. The molecule has 0 aliphatic rings. The molecule has 4 heteroatoms. The molecule has 0 aliphatic heterocycles. The van der Waals surface area contributed by atoms with Crippen LogP contribution in [-0.4, -0.2) is 22.7 Å². The quantitative estimate of drug-likeness (QED) is 0.140. The fraction of sp³-hybridized carbons (Fsp3) is 0.947. The van der Waals surface area contributed by atoms with Crippen LogP contribution in [0.1, 0.15) is 96.8 Å². The maximum absolute atomic E-state index is 11.0. The van der Waals surface area contributed by atoms with Crippen molar-refractivity contribution in [3.05, 3.63) is 0 Å². The summed E-state index contributed by atoms with van der Waals surface area (Å²) in [6, 6.07) is 0. The molecule has 138 valence electrons. The van der Waals surface area contributed by atoms with Crippen molar-refractivity contribution in [2.75, 3.05) is 7.11 Å². The first kappa shape index (κ1) is 23.4. The molecular weight excluding hydrogens is 420 g/mol. The maximum Gasteiger partial charge on any atom is 0.305 e. The number of carbonyl (C=O) groups excluding carboxylic acids is 1. The summed E-state index contributed by atoms with van der Waals surface area (Å²) in [5, 5.41) is 0. The molecule has 0 spiro atoms. The summed E-state index contributed by atoms with van der Waals surface area (Å²) in [6.45, 7) is 2.27. The van der Waals surface area contributed by atoms with Gasteiger partial charge in [-0.2, -0.15) is 0 Å². The number of unbranched alkanes of at least 4 members (excludes halogenated alkanes) is 9. The topological polar surface area (TPSA) is 26.3 Å². The van der Waals surface area contributed by atoms with Gasteiger partial charge in [-0.25, -0.2) is 0 Å². The van der Waals surface area contributed by atoms with Crippen LogP contribution >= 0.6 is 31.9 Å². The highest BCUT2D eigenvalue weighted by Gasteiger charge is 2.14. The van der Waals surface area contributed by atoms with Crippen molar-refractivity contribution in [3.8, 4) is 0 Å². The second kappa shape index (κ2) is 17.3. The van der Waals surface area contributed by atoms with Gasteiger partial charge in [0.1, 0.15) is 0 Å². The van der Waals surface area contributed by atoms with Gasteiger partial charge in [-0.3, -0.25) is 4.79 Å². The molecule has 0 N–H and O–H groups in total. The Hall–Kier alpha value is 0.430. The summed E-state index contributed by atoms with van der Waals surface area (Å²) in [6.07, 6.45) is 17.2. The maximum atomic E-state index is 11.0. The minimum Gasteiger partial charge on any atom is -0.469 e. The van der Waals surface area contributed by atoms with Crippen LogP contribution in [0.4, 0.5) is 0 Å². The van der Waals surface area contributed by atoms with Crippen LogP contribution in [0.15, 0.2) is 0 Å². The van der Waals surface area contributed by atoms with Crippen LogP contribution in [0.2, 0.25) is 0 Å². The Morgan fingerprint density at radius 3 is 1.70 bits per heavy atom. The Bertz CT molecular complexity index is 272. The average molecular weight is 456 g/mol. The van der Waals surface area contributed by atoms with Crippen LogP contribution in [-0.2, 0) is 9.53 Å². The molecule has 2 nitrogen and oxygen atoms in total. The van der Waals surface area contributed by atoms with Gasteiger partial charge < -0.3 is 4.74 Å². The number of rotatable bonds is 16. The first-order chi connectivity index (χ1) is 11.1. The lowest BCUT2D eigenvalue weighted by atomic mass is 10.0. The van der Waals surface area contributed by atoms with E-state index < -0.39 is 0 Å². The number of alkyl halides is 2. The van der Waals surface area contributed by atoms with Gasteiger partial charge in [0.15, 0.2) is 0 Å². The molecule has 23 heavy (non-hydrogen) atoms. The lowest BCUT2D eigenvalue weighted by Crippen LogP contribution is -2.13. The van der Waals surface area contributed by atoms with Gasteiger partial charge in [0.2, 0.25) is 0 Å². The van der Waals surface area contributed by atoms with E-state index >= 15 is 0 Å². The van der Waals surface area contributed by atoms with Gasteiger partial charge >= 0.3 is 5.97 Å². The third kappa shape index (κ3) is 15.7. The summed E-state index contributed by atoms with van der Waals surface area (Å²) in [5.41, 5.74) is 0. The first-order valence-electron chi connectivity index (χ1n) is 9.46. The first-order valence-corrected chi connectivity index (χ1v) is 11.3. The predicted octanol–water partition coefficient (Wildman–Crippen LogP) is 7.17. The molecule has 0 saturated heterocycles. The van der Waals surface area contributed by atoms with Crippen LogP contribution in [0.3, 0.4) is 0 Å². The number of halogens is 2. The van der Waals surface area contributed by atoms with E-state index in [9.17, 15) is 4.79 Å². The van der Waals surface area contributed by atoms with E-state index in [1.165, 1.54) is 77.7 Å². The van der Waals surface area contributed by atoms with E-state index in [2.05, 4.69) is 43.5 Å². The van der Waals surface area contributed by atoms with Gasteiger partial charge in [-0.1, -0.05) is 103 Å². The molecule has 0 aromatic rings. The van der Waals surface area contributed by atoms with E-state index in [0.29, 0.717) is 16.1 Å². The van der Waals surface area contributed by atoms with E-state index in [1.807, 2.05) is 0 Å². The molecule has 0 unspecified atom stereocenters. The van der Waals surface area contributed by atoms with Gasteiger partial charge in [-0.15, -0.1) is 0 Å². The lowest BCUT2D eigenvalue weighted by molar-refractivity contribution is -0.140. The molecule has 0 saturated carbocycles. The molecule has 2 atom stereocenters. The minimum atomic E-state index is -0.0812. The zero-order valence-electron chi connectivity index (χ0n) is 15.1. The minimum absolute atomic E-state index is 0.0812. The molecule has 0 fully saturated rings. The smallest absolute Gasteiger partial charge is 0.305 e. The highest BCUT2D eigenvalue weighted by atomic mass is 79.9. The standard InChI is InChI=1S/C19H36Br2O2/c1-3-4-5-6-8-11-14-17(20)18(21)15-12-9-7-10-13-16-19(22)23-2/h17-18H,3-16H2,1-2H3/t17-,18+/m1/s1. The summed E-state index contributed by atoms with van der Waals surface area (Å²) in [4.78, 5) is 12.2. The van der Waals surface area contributed by atoms with E-state index in [4.69, 9.17) is 0 Å². The van der Waals surface area contributed by atoms with Gasteiger partial charge in [0.05, 0.1) is 7.11 Å². The molecule has 0 radical (unpaired) electrons. The van der Waals surface area contributed by atoms with Crippen molar-refractivity contribution in [2.24, 2.45) is 0 Å². The second-order valence-corrected chi connectivity index (χ2v) is 8.82. The third-order valence-corrected chi connectivity index (χ3v) is 7.22. The molecule has 0 aliphatic carbocycles. The zero-order chi connectivity index (χ0) is 17.3. The van der Waals surface area contributed by atoms with E-state index in [0.717, 1.165) is 12.8 Å². The van der Waals surface area contributed by atoms with E-state index in [-0.39, 0.29) is 5.97 Å². The monoisotopic (exact) mass is 454 g/mol. The third-order valence-electron chi connectivity index (χ3n) is 4.31. The lowest BCUT2D eigenvalue weighted by Gasteiger charge is -2.16. The predicted molar refractivity (Wildman–Crippen MR) is 108 cm³/mol. The second-order valence-electron chi connectivity index (χ2n) is 6.47. The molecular formula is C19H36Br2O2. The van der Waals surface area contributed by atoms with Gasteiger partial charge in [0.25, 0.3) is 0 Å². The Kier molecular flexibility index (Phi) is 17.6. The van der Waals surface area contributed by atoms with Crippen molar-refractivity contribution in [2.45, 2.75) is 106 Å². The number of methoxy groups -OCH3 is 1. The van der Waals surface area contributed by atoms with Crippen LogP contribution in [0.5, 0.6) is 0 Å². The Morgan fingerprint density at radius 2 is 1.22 bits per heavy atom. The summed E-state index contributed by atoms with van der Waals surface area (Å²) >= 11 is 7.69. The number of ether oxygens (including phenoxy) is 1. The number of esters is 1. The highest BCUT2D eigenvalue weighted by Crippen LogP contribution is 2.25. The van der Waals surface area contributed by atoms with Crippen LogP contribution in [0, 0.1) is 0 Å². The SMILES string of the molecule is CCCCCCCC[C@@H](Br)[C@@H](Br)CCCCCCCC(=O)OC. The molecule has 0 amide bonds. The van der Waals surface area contributed by atoms with Gasteiger partial charge in [-0.05, 0) is 19.3 Å². The summed E-state index contributed by atoms with van der Waals surface area (Å²) in [5.74, 6) is -0.0812. The molecule has 0 heterocycles. The largest absolute Gasteiger partial charge is 0.469 e. The zero-order valence-corrected chi connectivity index (χ0v) is 18.3. The van der Waals surface area contributed by atoms with Crippen molar-refractivity contribution in [3.63, 3.8) is 0 Å². The normalized spacial score (nSPS) is 13.7. The Morgan fingerprint density at radius 1 is 0.783 bits per heavy atom. The molecule has 0 aromatic heterocycles. The Labute approximate surface area is 160 Å². The number of carbonyl (C=O) groups is 1. The Balaban J connectivity index is 3.40. The summed E-state index contributed by atoms with van der Waals surface area (Å²) in [7, 11) is 1.46. The van der Waals surface area contributed by atoms with Crippen molar-refractivity contribution >= 4 is 37.8 Å². The fourth-order valence-electron chi connectivity index (χ4n) is 2.72. The fourth-order valence-corrected chi connectivity index (χ4v) is 3.90. The molecule has 0 rings (SSSR count). The van der Waals surface area contributed by atoms with Crippen molar-refractivity contribution in [1.29, 1.82) is 0 Å². The molecule has 0 bridgehead atoms. The van der Waals surface area contributed by atoms with Crippen molar-refractivity contribution < 1.29 is 9.53 Å². The van der Waals surface area contributed by atoms with Crippen LogP contribution < -0.4 is 0 Å². The highest BCUT2D eigenvalue weighted by molar-refractivity contribution is 9.12. The average Bonchev–Trinajstić information content (AvgIpc) is 2.56. The summed E-state index contributed by atoms with van der Waals surface area (Å²) < 4.78 is 4.64. The van der Waals surface area contributed by atoms with Crippen molar-refractivity contribution in [1.82, 2.24) is 0 Å². The van der Waals surface area contributed by atoms with Gasteiger partial charge in [0, 0.05) is 16.1 Å². The molecule has 0 aromatic carbocycles.